The molecule has 0 radical (unpaired) electrons. The number of hydrogen-bond acceptors (Lipinski definition) is 2. The van der Waals surface area contributed by atoms with Gasteiger partial charge in [-0.15, -0.1) is 0 Å². The second kappa shape index (κ2) is 2.35. The van der Waals surface area contributed by atoms with Crippen LogP contribution in [0.15, 0.2) is 0 Å². The van der Waals surface area contributed by atoms with Crippen molar-refractivity contribution in [1.29, 1.82) is 0 Å². The third-order valence-electron chi connectivity index (χ3n) is 5.81. The molecule has 0 heterocycles. The van der Waals surface area contributed by atoms with Crippen LogP contribution in [0.1, 0.15) is 25.7 Å². The molecule has 4 unspecified atom stereocenters. The van der Waals surface area contributed by atoms with Crippen LogP contribution in [0.25, 0.3) is 0 Å². The Morgan fingerprint density at radius 3 is 1.71 bits per heavy atom. The van der Waals surface area contributed by atoms with Gasteiger partial charge in [0, 0.05) is 0 Å². The van der Waals surface area contributed by atoms with Crippen molar-refractivity contribution in [1.82, 2.24) is 0 Å². The maximum atomic E-state index is 9.91. The number of hydrogen-bond donors (Lipinski definition) is 2. The molecule has 0 aromatic rings. The highest BCUT2D eigenvalue weighted by Crippen LogP contribution is 2.67. The lowest BCUT2D eigenvalue weighted by atomic mass is 9.69. The van der Waals surface area contributed by atoms with Gasteiger partial charge in [-0.25, -0.2) is 0 Å². The molecule has 4 aliphatic rings. The van der Waals surface area contributed by atoms with E-state index in [4.69, 9.17) is 0 Å². The third kappa shape index (κ3) is 0.704. The molecule has 14 heavy (non-hydrogen) atoms. The van der Waals surface area contributed by atoms with Crippen LogP contribution in [-0.2, 0) is 0 Å². The highest BCUT2D eigenvalue weighted by molar-refractivity contribution is 5.14. The Labute approximate surface area is 84.3 Å². The molecule has 4 rings (SSSR count). The molecule has 4 saturated carbocycles. The van der Waals surface area contributed by atoms with Crippen molar-refractivity contribution in [3.8, 4) is 0 Å². The standard InChI is InChI=1S/C12H18O2/c13-11-7-4-8(12(11)14)10-6-2-1-5(3-6)9(7)10/h5-14H,1-4H2/t5-,6+,7-,8+,9?,10?,11?,12?. The highest BCUT2D eigenvalue weighted by atomic mass is 16.3. The van der Waals surface area contributed by atoms with Crippen LogP contribution < -0.4 is 0 Å². The molecule has 8 atom stereocenters. The predicted octanol–water partition coefficient (Wildman–Crippen LogP) is 1.02. The zero-order chi connectivity index (χ0) is 9.45. The molecule has 0 amide bonds. The molecule has 4 fully saturated rings. The van der Waals surface area contributed by atoms with Crippen LogP contribution in [0.2, 0.25) is 0 Å². The maximum absolute atomic E-state index is 9.91. The van der Waals surface area contributed by atoms with Gasteiger partial charge in [-0.2, -0.15) is 0 Å². The van der Waals surface area contributed by atoms with Crippen molar-refractivity contribution in [2.45, 2.75) is 37.9 Å². The highest BCUT2D eigenvalue weighted by Gasteiger charge is 2.65. The first kappa shape index (κ1) is 8.12. The summed E-state index contributed by atoms with van der Waals surface area (Å²) in [7, 11) is 0. The Morgan fingerprint density at radius 2 is 1.21 bits per heavy atom. The van der Waals surface area contributed by atoms with E-state index in [0.717, 1.165) is 30.1 Å². The fraction of sp³-hybridized carbons (Fsp3) is 1.00. The zero-order valence-corrected chi connectivity index (χ0v) is 8.34. The van der Waals surface area contributed by atoms with Crippen LogP contribution in [0, 0.1) is 35.5 Å². The van der Waals surface area contributed by atoms with E-state index in [-0.39, 0.29) is 12.2 Å². The van der Waals surface area contributed by atoms with E-state index in [2.05, 4.69) is 0 Å². The van der Waals surface area contributed by atoms with E-state index in [9.17, 15) is 10.2 Å². The first-order valence-corrected chi connectivity index (χ1v) is 6.13. The molecule has 0 aliphatic heterocycles. The van der Waals surface area contributed by atoms with E-state index in [1.165, 1.54) is 19.3 Å². The number of aliphatic hydroxyl groups is 2. The van der Waals surface area contributed by atoms with Crippen molar-refractivity contribution in [3.63, 3.8) is 0 Å². The van der Waals surface area contributed by atoms with Crippen molar-refractivity contribution in [3.05, 3.63) is 0 Å². The number of fused-ring (bicyclic) bond motifs is 9. The molecule has 2 N–H and O–H groups in total. The Bertz CT molecular complexity index is 251. The van der Waals surface area contributed by atoms with Crippen molar-refractivity contribution >= 4 is 0 Å². The lowest BCUT2D eigenvalue weighted by Crippen LogP contribution is -2.44. The first-order chi connectivity index (χ1) is 6.77. The van der Waals surface area contributed by atoms with Gasteiger partial charge in [-0.1, -0.05) is 0 Å². The van der Waals surface area contributed by atoms with Crippen molar-refractivity contribution in [2.75, 3.05) is 0 Å². The largest absolute Gasteiger partial charge is 0.390 e. The summed E-state index contributed by atoms with van der Waals surface area (Å²) in [5.74, 6) is 4.30. The second-order valence-corrected chi connectivity index (χ2v) is 6.03. The first-order valence-electron chi connectivity index (χ1n) is 6.13. The average molecular weight is 194 g/mol. The van der Waals surface area contributed by atoms with E-state index in [0.29, 0.717) is 11.8 Å². The van der Waals surface area contributed by atoms with Crippen molar-refractivity contribution in [2.24, 2.45) is 35.5 Å². The molecular weight excluding hydrogens is 176 g/mol. The fourth-order valence-electron chi connectivity index (χ4n) is 5.52. The van der Waals surface area contributed by atoms with Gasteiger partial charge in [0.2, 0.25) is 0 Å². The van der Waals surface area contributed by atoms with Crippen molar-refractivity contribution < 1.29 is 10.2 Å². The number of rotatable bonds is 0. The molecule has 4 bridgehead atoms. The maximum Gasteiger partial charge on any atom is 0.0833 e. The summed E-state index contributed by atoms with van der Waals surface area (Å²) in [6.45, 7) is 0. The summed E-state index contributed by atoms with van der Waals surface area (Å²) in [4.78, 5) is 0. The Hall–Kier alpha value is -0.0800. The quantitative estimate of drug-likeness (QED) is 0.565. The van der Waals surface area contributed by atoms with Crippen LogP contribution in [-0.4, -0.2) is 22.4 Å². The van der Waals surface area contributed by atoms with Gasteiger partial charge in [0.05, 0.1) is 12.2 Å². The lowest BCUT2D eigenvalue weighted by molar-refractivity contribution is -0.0685. The molecule has 0 saturated heterocycles. The zero-order valence-electron chi connectivity index (χ0n) is 8.34. The van der Waals surface area contributed by atoms with E-state index < -0.39 is 0 Å². The summed E-state index contributed by atoms with van der Waals surface area (Å²) < 4.78 is 0. The summed E-state index contributed by atoms with van der Waals surface area (Å²) in [5.41, 5.74) is 0. The minimum Gasteiger partial charge on any atom is -0.390 e. The van der Waals surface area contributed by atoms with Gasteiger partial charge in [0.25, 0.3) is 0 Å². The minimum atomic E-state index is -0.388. The summed E-state index contributed by atoms with van der Waals surface area (Å²) in [6.07, 6.45) is 4.54. The van der Waals surface area contributed by atoms with Gasteiger partial charge in [-0.3, -0.25) is 0 Å². The topological polar surface area (TPSA) is 40.5 Å². The van der Waals surface area contributed by atoms with Crippen LogP contribution in [0.4, 0.5) is 0 Å². The van der Waals surface area contributed by atoms with Gasteiger partial charge in [0.15, 0.2) is 0 Å². The van der Waals surface area contributed by atoms with Crippen LogP contribution >= 0.6 is 0 Å². The third-order valence-corrected chi connectivity index (χ3v) is 5.81. The smallest absolute Gasteiger partial charge is 0.0833 e. The molecule has 2 heteroatoms. The molecule has 0 spiro atoms. The van der Waals surface area contributed by atoms with Crippen LogP contribution in [0.5, 0.6) is 0 Å². The lowest BCUT2D eigenvalue weighted by Gasteiger charge is -2.39. The predicted molar refractivity (Wildman–Crippen MR) is 51.4 cm³/mol. The van der Waals surface area contributed by atoms with Gasteiger partial charge >= 0.3 is 0 Å². The summed E-state index contributed by atoms with van der Waals surface area (Å²) in [6, 6.07) is 0. The number of aliphatic hydroxyl groups excluding tert-OH is 2. The van der Waals surface area contributed by atoms with E-state index in [1.807, 2.05) is 0 Å². The Kier molecular flexibility index (Phi) is 1.37. The molecule has 0 aromatic carbocycles. The SMILES string of the molecule is OC1C(O)[C@@H]2C[C@H]1C1C2[C@@H]2CC[C@H]1C2. The molecular formula is C12H18O2. The van der Waals surface area contributed by atoms with Gasteiger partial charge in [0.1, 0.15) is 0 Å². The van der Waals surface area contributed by atoms with Gasteiger partial charge < -0.3 is 10.2 Å². The van der Waals surface area contributed by atoms with Gasteiger partial charge in [-0.05, 0) is 61.2 Å². The summed E-state index contributed by atoms with van der Waals surface area (Å²) in [5, 5.41) is 19.8. The molecule has 2 nitrogen and oxygen atoms in total. The molecule has 0 aromatic heterocycles. The summed E-state index contributed by atoms with van der Waals surface area (Å²) >= 11 is 0. The fourth-order valence-corrected chi connectivity index (χ4v) is 5.52. The monoisotopic (exact) mass is 194 g/mol. The Balaban J connectivity index is 1.74. The Morgan fingerprint density at radius 1 is 0.714 bits per heavy atom. The molecule has 4 aliphatic carbocycles. The van der Waals surface area contributed by atoms with E-state index >= 15 is 0 Å². The average Bonchev–Trinajstić information content (AvgIpc) is 2.87. The normalized spacial score (nSPS) is 69.0. The second-order valence-electron chi connectivity index (χ2n) is 6.03. The molecule has 78 valence electrons. The minimum absolute atomic E-state index is 0.388. The van der Waals surface area contributed by atoms with Crippen LogP contribution in [0.3, 0.4) is 0 Å². The van der Waals surface area contributed by atoms with E-state index in [1.54, 1.807) is 0 Å².